The highest BCUT2D eigenvalue weighted by Gasteiger charge is 2.58. The number of rotatable bonds is 0. The van der Waals surface area contributed by atoms with Crippen molar-refractivity contribution >= 4 is 19.0 Å². The van der Waals surface area contributed by atoms with E-state index in [1.54, 1.807) is 0 Å². The Kier molecular flexibility index (Phi) is 2.36. The van der Waals surface area contributed by atoms with E-state index >= 15 is 0 Å². The lowest BCUT2D eigenvalue weighted by atomic mass is 10.1. The summed E-state index contributed by atoms with van der Waals surface area (Å²) in [5, 5.41) is 0. The van der Waals surface area contributed by atoms with Gasteiger partial charge < -0.3 is 4.52 Å². The molecule has 1 fully saturated rings. The topological polar surface area (TPSA) is 18.5 Å². The fourth-order valence-corrected chi connectivity index (χ4v) is 1.64. The van der Waals surface area contributed by atoms with Gasteiger partial charge in [-0.05, 0) is 18.2 Å². The van der Waals surface area contributed by atoms with Gasteiger partial charge in [0.05, 0.1) is 6.61 Å². The summed E-state index contributed by atoms with van der Waals surface area (Å²) in [5.41, 5.74) is -2.79. The molecule has 0 aromatic heterocycles. The van der Waals surface area contributed by atoms with Crippen LogP contribution in [-0.4, -0.2) is 18.4 Å². The molecule has 1 aliphatic rings. The third-order valence-electron chi connectivity index (χ3n) is 1.23. The Balaban J connectivity index is 2.72. The van der Waals surface area contributed by atoms with Gasteiger partial charge in [-0.2, -0.15) is 8.78 Å². The molecule has 0 N–H and O–H groups in total. The van der Waals surface area contributed by atoms with Gasteiger partial charge in [0, 0.05) is 0 Å². The van der Waals surface area contributed by atoms with E-state index in [1.165, 1.54) is 0 Å². The van der Waals surface area contributed by atoms with Gasteiger partial charge >= 0.3 is 6.11 Å². The van der Waals surface area contributed by atoms with Crippen molar-refractivity contribution in [1.29, 1.82) is 0 Å². The van der Waals surface area contributed by atoms with Gasteiger partial charge in [-0.1, -0.05) is 0 Å². The third-order valence-corrected chi connectivity index (χ3v) is 2.44. The molecule has 66 valence electrons. The summed E-state index contributed by atoms with van der Waals surface area (Å²) in [6, 6.07) is 0. The zero-order valence-corrected chi connectivity index (χ0v) is 7.13. The van der Waals surface area contributed by atoms with Crippen LogP contribution < -0.4 is 0 Å². The molecule has 0 bridgehead atoms. The standard InChI is InChI=1S/C4H5ClF3O2P/c1-3(6)2-9-11(5)10-4(3,7)8/h2H2,1H3/t3?,11-/m0/s1. The molecule has 11 heavy (non-hydrogen) atoms. The summed E-state index contributed by atoms with van der Waals surface area (Å²) in [7, 11) is -2.16. The Morgan fingerprint density at radius 3 is 2.36 bits per heavy atom. The lowest BCUT2D eigenvalue weighted by Crippen LogP contribution is -2.48. The van der Waals surface area contributed by atoms with Crippen LogP contribution in [0.15, 0.2) is 0 Å². The summed E-state index contributed by atoms with van der Waals surface area (Å²) in [6.07, 6.45) is -3.85. The van der Waals surface area contributed by atoms with Gasteiger partial charge in [0.1, 0.15) is 0 Å². The third kappa shape index (κ3) is 1.78. The fourth-order valence-electron chi connectivity index (χ4n) is 0.468. The van der Waals surface area contributed by atoms with Crippen LogP contribution in [0.2, 0.25) is 0 Å². The molecule has 2 atom stereocenters. The molecule has 1 rings (SSSR count). The summed E-state index contributed by atoms with van der Waals surface area (Å²) >= 11 is 5.10. The molecule has 0 radical (unpaired) electrons. The van der Waals surface area contributed by atoms with E-state index < -0.39 is 26.1 Å². The van der Waals surface area contributed by atoms with Gasteiger partial charge in [0.2, 0.25) is 5.67 Å². The molecule has 0 aliphatic carbocycles. The molecular weight excluding hydrogens is 203 g/mol. The minimum atomic E-state index is -3.85. The van der Waals surface area contributed by atoms with Crippen LogP contribution in [-0.2, 0) is 9.05 Å². The van der Waals surface area contributed by atoms with Crippen molar-refractivity contribution in [3.05, 3.63) is 0 Å². The summed E-state index contributed by atoms with van der Waals surface area (Å²) in [5.74, 6) is 0. The van der Waals surface area contributed by atoms with E-state index in [0.717, 1.165) is 0 Å². The molecule has 1 unspecified atom stereocenters. The summed E-state index contributed by atoms with van der Waals surface area (Å²) in [4.78, 5) is 0. The molecule has 0 spiro atoms. The second-order valence-electron chi connectivity index (χ2n) is 2.29. The number of alkyl halides is 3. The van der Waals surface area contributed by atoms with E-state index in [2.05, 4.69) is 9.05 Å². The van der Waals surface area contributed by atoms with Crippen LogP contribution in [0, 0.1) is 0 Å². The Morgan fingerprint density at radius 1 is 1.45 bits per heavy atom. The molecule has 0 amide bonds. The van der Waals surface area contributed by atoms with Crippen LogP contribution in [0.5, 0.6) is 0 Å². The Morgan fingerprint density at radius 2 is 2.00 bits per heavy atom. The minimum absolute atomic E-state index is 0.701. The van der Waals surface area contributed by atoms with E-state index in [1.807, 2.05) is 0 Å². The Labute approximate surface area is 67.3 Å². The highest BCUT2D eigenvalue weighted by atomic mass is 35.7. The zero-order valence-electron chi connectivity index (χ0n) is 5.48. The first-order chi connectivity index (χ1) is 4.85. The van der Waals surface area contributed by atoms with Crippen LogP contribution in [0.3, 0.4) is 0 Å². The van der Waals surface area contributed by atoms with Crippen molar-refractivity contribution in [2.75, 3.05) is 6.61 Å². The van der Waals surface area contributed by atoms with Gasteiger partial charge in [-0.3, -0.25) is 4.52 Å². The van der Waals surface area contributed by atoms with E-state index in [4.69, 9.17) is 11.2 Å². The molecule has 0 aromatic carbocycles. The van der Waals surface area contributed by atoms with E-state index in [9.17, 15) is 13.2 Å². The van der Waals surface area contributed by atoms with Crippen LogP contribution in [0.4, 0.5) is 13.2 Å². The summed E-state index contributed by atoms with van der Waals surface area (Å²) < 4.78 is 45.9. The lowest BCUT2D eigenvalue weighted by molar-refractivity contribution is -0.279. The van der Waals surface area contributed by atoms with Crippen molar-refractivity contribution in [1.82, 2.24) is 0 Å². The molecule has 1 saturated heterocycles. The molecule has 2 nitrogen and oxygen atoms in total. The highest BCUT2D eigenvalue weighted by Crippen LogP contribution is 2.56. The zero-order chi connectivity index (χ0) is 8.70. The van der Waals surface area contributed by atoms with Crippen molar-refractivity contribution in [2.24, 2.45) is 0 Å². The normalized spacial score (nSPS) is 43.9. The first-order valence-electron chi connectivity index (χ1n) is 2.70. The maximum absolute atomic E-state index is 12.8. The second kappa shape index (κ2) is 2.73. The molecule has 1 aliphatic heterocycles. The highest BCUT2D eigenvalue weighted by molar-refractivity contribution is 7.76. The molecule has 1 heterocycles. The van der Waals surface area contributed by atoms with Crippen molar-refractivity contribution < 1.29 is 22.2 Å². The monoisotopic (exact) mass is 208 g/mol. The fraction of sp³-hybridized carbons (Fsp3) is 1.00. The molecule has 7 heteroatoms. The predicted molar refractivity (Wildman–Crippen MR) is 34.3 cm³/mol. The first kappa shape index (κ1) is 9.52. The number of hydrogen-bond donors (Lipinski definition) is 0. The number of hydrogen-bond acceptors (Lipinski definition) is 2. The second-order valence-corrected chi connectivity index (χ2v) is 3.99. The number of halogens is 4. The van der Waals surface area contributed by atoms with Crippen LogP contribution in [0.25, 0.3) is 0 Å². The van der Waals surface area contributed by atoms with Gasteiger partial charge in [-0.15, -0.1) is 0 Å². The Bertz CT molecular complexity index is 165. The quantitative estimate of drug-likeness (QED) is 0.570. The maximum atomic E-state index is 12.8. The van der Waals surface area contributed by atoms with E-state index in [-0.39, 0.29) is 0 Å². The smallest absolute Gasteiger partial charge is 0.318 e. The van der Waals surface area contributed by atoms with Crippen molar-refractivity contribution in [3.63, 3.8) is 0 Å². The molecular formula is C4H5ClF3O2P. The van der Waals surface area contributed by atoms with Gasteiger partial charge in [0.15, 0.2) is 0 Å². The van der Waals surface area contributed by atoms with Crippen LogP contribution in [0.1, 0.15) is 6.92 Å². The molecule has 0 saturated carbocycles. The van der Waals surface area contributed by atoms with Crippen molar-refractivity contribution in [3.8, 4) is 0 Å². The van der Waals surface area contributed by atoms with Gasteiger partial charge in [-0.25, -0.2) is 4.39 Å². The average molecular weight is 209 g/mol. The first-order valence-corrected chi connectivity index (χ1v) is 4.78. The summed E-state index contributed by atoms with van der Waals surface area (Å²) in [6.45, 7) is -0.0403. The van der Waals surface area contributed by atoms with Gasteiger partial charge in [0.25, 0.3) is 7.73 Å². The molecule has 0 aromatic rings. The average Bonchev–Trinajstić information content (AvgIpc) is 1.80. The Hall–Kier alpha value is 0.430. The SMILES string of the molecule is CC1(F)CO[P@](Cl)OC1(F)F. The predicted octanol–water partition coefficient (Wildman–Crippen LogP) is 2.82. The van der Waals surface area contributed by atoms with Crippen LogP contribution >= 0.6 is 19.0 Å². The minimum Gasteiger partial charge on any atom is -0.318 e. The van der Waals surface area contributed by atoms with Crippen molar-refractivity contribution in [2.45, 2.75) is 18.7 Å². The largest absolute Gasteiger partial charge is 0.397 e. The lowest BCUT2D eigenvalue weighted by Gasteiger charge is -2.34. The maximum Gasteiger partial charge on any atom is 0.397 e. The van der Waals surface area contributed by atoms with E-state index in [0.29, 0.717) is 6.92 Å².